The number of anilines is 2. The van der Waals surface area contributed by atoms with Crippen LogP contribution in [0.1, 0.15) is 5.56 Å². The van der Waals surface area contributed by atoms with Gasteiger partial charge in [0, 0.05) is 17.6 Å². The summed E-state index contributed by atoms with van der Waals surface area (Å²) >= 11 is 0. The van der Waals surface area contributed by atoms with E-state index < -0.39 is 17.6 Å². The van der Waals surface area contributed by atoms with Crippen LogP contribution in [0.2, 0.25) is 0 Å². The number of nitrogens with one attached hydrogen (secondary N) is 2. The summed E-state index contributed by atoms with van der Waals surface area (Å²) in [7, 11) is 0. The molecule has 0 aliphatic heterocycles. The van der Waals surface area contributed by atoms with Gasteiger partial charge in [0.1, 0.15) is 17.4 Å². The first-order valence-electron chi connectivity index (χ1n) is 6.94. The zero-order valence-electron chi connectivity index (χ0n) is 12.6. The molecule has 0 saturated carbocycles. The molecule has 0 aliphatic rings. The van der Waals surface area contributed by atoms with E-state index in [-0.39, 0.29) is 17.0 Å². The second kappa shape index (κ2) is 7.40. The lowest BCUT2D eigenvalue weighted by atomic mass is 10.2. The van der Waals surface area contributed by atoms with Crippen LogP contribution in [-0.4, -0.2) is 11.0 Å². The van der Waals surface area contributed by atoms with E-state index in [0.717, 1.165) is 24.4 Å². The summed E-state index contributed by atoms with van der Waals surface area (Å²) in [6.07, 6.45) is -3.41. The number of benzene rings is 2. The highest BCUT2D eigenvalue weighted by molar-refractivity contribution is 6.06. The van der Waals surface area contributed by atoms with Gasteiger partial charge in [0.25, 0.3) is 5.91 Å². The van der Waals surface area contributed by atoms with E-state index in [1.165, 1.54) is 30.3 Å². The van der Waals surface area contributed by atoms with Gasteiger partial charge < -0.3 is 15.7 Å². The molecule has 2 aromatic carbocycles. The van der Waals surface area contributed by atoms with Crippen molar-refractivity contribution in [1.82, 2.24) is 0 Å². The fourth-order valence-electron chi connectivity index (χ4n) is 1.83. The molecule has 0 heterocycles. The number of carbonyl (C=O) groups is 1. The van der Waals surface area contributed by atoms with Crippen LogP contribution in [0, 0.1) is 11.3 Å². The van der Waals surface area contributed by atoms with Crippen molar-refractivity contribution in [1.29, 1.82) is 5.26 Å². The molecular formula is C17H12F3N3O2. The van der Waals surface area contributed by atoms with Gasteiger partial charge in [-0.25, -0.2) is 0 Å². The van der Waals surface area contributed by atoms with Crippen molar-refractivity contribution in [2.24, 2.45) is 0 Å². The van der Waals surface area contributed by atoms with E-state index in [2.05, 4.69) is 10.6 Å². The maximum Gasteiger partial charge on any atom is 0.416 e. The Balaban J connectivity index is 2.11. The Morgan fingerprint density at radius 1 is 1.12 bits per heavy atom. The van der Waals surface area contributed by atoms with Gasteiger partial charge >= 0.3 is 6.18 Å². The van der Waals surface area contributed by atoms with E-state index >= 15 is 0 Å². The summed E-state index contributed by atoms with van der Waals surface area (Å²) in [4.78, 5) is 12.0. The summed E-state index contributed by atoms with van der Waals surface area (Å²) in [5.74, 6) is -0.801. The molecule has 25 heavy (non-hydrogen) atoms. The van der Waals surface area contributed by atoms with Gasteiger partial charge in [-0.15, -0.1) is 0 Å². The predicted molar refractivity (Wildman–Crippen MR) is 85.5 cm³/mol. The van der Waals surface area contributed by atoms with E-state index in [0.29, 0.717) is 5.69 Å². The van der Waals surface area contributed by atoms with Crippen LogP contribution in [0.25, 0.3) is 0 Å². The Morgan fingerprint density at radius 2 is 1.80 bits per heavy atom. The largest absolute Gasteiger partial charge is 0.508 e. The lowest BCUT2D eigenvalue weighted by Crippen LogP contribution is -2.15. The zero-order valence-corrected chi connectivity index (χ0v) is 12.6. The maximum absolute atomic E-state index is 12.7. The second-order valence-corrected chi connectivity index (χ2v) is 4.89. The van der Waals surface area contributed by atoms with E-state index in [4.69, 9.17) is 5.26 Å². The fraction of sp³-hybridized carbons (Fsp3) is 0.0588. The third kappa shape index (κ3) is 5.00. The molecule has 0 atom stereocenters. The number of halogens is 3. The van der Waals surface area contributed by atoms with Gasteiger partial charge in [0.15, 0.2) is 0 Å². The molecule has 3 N–H and O–H groups in total. The number of alkyl halides is 3. The van der Waals surface area contributed by atoms with Crippen molar-refractivity contribution >= 4 is 17.3 Å². The molecule has 0 radical (unpaired) electrons. The second-order valence-electron chi connectivity index (χ2n) is 4.89. The van der Waals surface area contributed by atoms with Crippen LogP contribution in [0.4, 0.5) is 24.5 Å². The van der Waals surface area contributed by atoms with Gasteiger partial charge in [-0.05, 0) is 42.5 Å². The zero-order chi connectivity index (χ0) is 18.4. The molecule has 1 amide bonds. The Kier molecular flexibility index (Phi) is 5.29. The molecule has 0 aliphatic carbocycles. The van der Waals surface area contributed by atoms with Crippen LogP contribution in [0.5, 0.6) is 5.75 Å². The van der Waals surface area contributed by atoms with E-state index in [1.807, 2.05) is 0 Å². The van der Waals surface area contributed by atoms with Crippen LogP contribution in [-0.2, 0) is 11.0 Å². The monoisotopic (exact) mass is 347 g/mol. The predicted octanol–water partition coefficient (Wildman–Crippen LogP) is 3.87. The first kappa shape index (κ1) is 17.9. The summed E-state index contributed by atoms with van der Waals surface area (Å²) in [5, 5.41) is 23.1. The third-order valence-corrected chi connectivity index (χ3v) is 3.06. The number of rotatable bonds is 4. The minimum absolute atomic E-state index is 0.0531. The number of phenols is 1. The minimum Gasteiger partial charge on any atom is -0.508 e. The first-order valence-corrected chi connectivity index (χ1v) is 6.94. The van der Waals surface area contributed by atoms with Crippen molar-refractivity contribution in [3.8, 4) is 11.8 Å². The molecule has 0 saturated heterocycles. The molecule has 2 rings (SSSR count). The molecule has 0 bridgehead atoms. The number of amides is 1. The number of hydrogen-bond donors (Lipinski definition) is 3. The van der Waals surface area contributed by atoms with Crippen LogP contribution in [0.3, 0.4) is 0 Å². The average Bonchev–Trinajstić information content (AvgIpc) is 2.56. The molecule has 2 aromatic rings. The van der Waals surface area contributed by atoms with Crippen molar-refractivity contribution in [2.45, 2.75) is 6.18 Å². The number of phenolic OH excluding ortho intramolecular Hbond substituents is 1. The van der Waals surface area contributed by atoms with Gasteiger partial charge in [0.05, 0.1) is 5.56 Å². The Labute approximate surface area is 141 Å². The molecule has 8 heteroatoms. The van der Waals surface area contributed by atoms with Crippen LogP contribution in [0.15, 0.2) is 60.3 Å². The number of hydrogen-bond acceptors (Lipinski definition) is 4. The van der Waals surface area contributed by atoms with Gasteiger partial charge in [0.2, 0.25) is 0 Å². The Bertz CT molecular complexity index is 837. The van der Waals surface area contributed by atoms with E-state index in [1.54, 1.807) is 6.07 Å². The molecule has 0 spiro atoms. The van der Waals surface area contributed by atoms with Crippen molar-refractivity contribution in [3.05, 3.63) is 65.9 Å². The van der Waals surface area contributed by atoms with Crippen molar-refractivity contribution < 1.29 is 23.1 Å². The summed E-state index contributed by atoms with van der Waals surface area (Å²) in [6.45, 7) is 0. The Morgan fingerprint density at radius 3 is 2.40 bits per heavy atom. The fourth-order valence-corrected chi connectivity index (χ4v) is 1.83. The number of nitrogens with zero attached hydrogens (tertiary/aromatic N) is 1. The van der Waals surface area contributed by atoms with E-state index in [9.17, 15) is 23.1 Å². The molecular weight excluding hydrogens is 335 g/mol. The van der Waals surface area contributed by atoms with Gasteiger partial charge in [-0.3, -0.25) is 4.79 Å². The molecule has 5 nitrogen and oxygen atoms in total. The maximum atomic E-state index is 12.7. The van der Waals surface area contributed by atoms with Crippen molar-refractivity contribution in [3.63, 3.8) is 0 Å². The van der Waals surface area contributed by atoms with Gasteiger partial charge in [-0.2, -0.15) is 18.4 Å². The molecule has 128 valence electrons. The smallest absolute Gasteiger partial charge is 0.416 e. The van der Waals surface area contributed by atoms with Crippen molar-refractivity contribution in [2.75, 3.05) is 10.6 Å². The highest BCUT2D eigenvalue weighted by Gasteiger charge is 2.30. The lowest BCUT2D eigenvalue weighted by molar-refractivity contribution is -0.137. The highest BCUT2D eigenvalue weighted by atomic mass is 19.4. The van der Waals surface area contributed by atoms with Crippen LogP contribution < -0.4 is 10.6 Å². The summed E-state index contributed by atoms with van der Waals surface area (Å²) in [5.41, 5.74) is -0.802. The minimum atomic E-state index is -4.53. The normalized spacial score (nSPS) is 11.5. The first-order chi connectivity index (χ1) is 11.8. The average molecular weight is 347 g/mol. The Hall–Kier alpha value is -3.47. The third-order valence-electron chi connectivity index (χ3n) is 3.06. The standard InChI is InChI=1S/C17H12F3N3O2/c18-17(19,20)12-2-1-3-14(8-12)23-16(25)11(9-21)10-22-13-4-6-15(24)7-5-13/h1-8,10,22,24H,(H,23,25)/b11-10-. The number of nitriles is 1. The lowest BCUT2D eigenvalue weighted by Gasteiger charge is -2.09. The highest BCUT2D eigenvalue weighted by Crippen LogP contribution is 2.30. The topological polar surface area (TPSA) is 85.2 Å². The number of carbonyl (C=O) groups excluding carboxylic acids is 1. The summed E-state index contributed by atoms with van der Waals surface area (Å²) < 4.78 is 38.0. The van der Waals surface area contributed by atoms with Crippen LogP contribution >= 0.6 is 0 Å². The molecule has 0 unspecified atom stereocenters. The van der Waals surface area contributed by atoms with Gasteiger partial charge in [-0.1, -0.05) is 6.07 Å². The number of aromatic hydroxyl groups is 1. The SMILES string of the molecule is N#C/C(=C/Nc1ccc(O)cc1)C(=O)Nc1cccc(C(F)(F)F)c1. The molecule has 0 aromatic heterocycles. The quantitative estimate of drug-likeness (QED) is 0.445. The summed E-state index contributed by atoms with van der Waals surface area (Å²) in [6, 6.07) is 11.6. The molecule has 0 fully saturated rings.